The van der Waals surface area contributed by atoms with Crippen molar-refractivity contribution in [2.75, 3.05) is 7.05 Å². The van der Waals surface area contributed by atoms with Gasteiger partial charge in [-0.1, -0.05) is 24.3 Å². The first-order valence-corrected chi connectivity index (χ1v) is 6.97. The first kappa shape index (κ1) is 12.4. The second kappa shape index (κ2) is 5.14. The fraction of sp³-hybridized carbons (Fsp3) is 0.353. The van der Waals surface area contributed by atoms with Crippen molar-refractivity contribution in [3.05, 3.63) is 64.5 Å². The molecular weight excluding hydrogens is 232 g/mol. The number of nitrogens with zero attached hydrogens (tertiary/aromatic N) is 1. The molecule has 2 heteroatoms. The molecule has 0 spiro atoms. The molecule has 1 aromatic heterocycles. The molecule has 1 unspecified atom stereocenters. The van der Waals surface area contributed by atoms with Gasteiger partial charge in [0.1, 0.15) is 0 Å². The Morgan fingerprint density at radius 2 is 2.21 bits per heavy atom. The number of aryl methyl sites for hydroxylation is 2. The van der Waals surface area contributed by atoms with Gasteiger partial charge < -0.3 is 5.32 Å². The summed E-state index contributed by atoms with van der Waals surface area (Å²) >= 11 is 0. The van der Waals surface area contributed by atoms with Gasteiger partial charge in [0.15, 0.2) is 0 Å². The van der Waals surface area contributed by atoms with Crippen LogP contribution in [0.3, 0.4) is 0 Å². The largest absolute Gasteiger partial charge is 0.316 e. The third-order valence-electron chi connectivity index (χ3n) is 4.05. The molecule has 1 aliphatic rings. The summed E-state index contributed by atoms with van der Waals surface area (Å²) in [6, 6.07) is 11.1. The number of hydrogen-bond donors (Lipinski definition) is 1. The second-order valence-corrected chi connectivity index (χ2v) is 5.36. The summed E-state index contributed by atoms with van der Waals surface area (Å²) in [5, 5.41) is 3.20. The van der Waals surface area contributed by atoms with Crippen LogP contribution in [0.25, 0.3) is 0 Å². The van der Waals surface area contributed by atoms with Crippen molar-refractivity contribution in [2.45, 2.75) is 32.2 Å². The minimum atomic E-state index is 0.486. The Kier molecular flexibility index (Phi) is 3.34. The number of fused-ring (bicyclic) bond motifs is 1. The summed E-state index contributed by atoms with van der Waals surface area (Å²) in [4.78, 5) is 4.60. The average molecular weight is 252 g/mol. The lowest BCUT2D eigenvalue weighted by atomic mass is 9.91. The predicted octanol–water partition coefficient (Wildman–Crippen LogP) is 3.19. The van der Waals surface area contributed by atoms with E-state index < -0.39 is 0 Å². The lowest BCUT2D eigenvalue weighted by molar-refractivity contribution is 0.762. The molecule has 98 valence electrons. The van der Waals surface area contributed by atoms with Gasteiger partial charge in [-0.25, -0.2) is 0 Å². The summed E-state index contributed by atoms with van der Waals surface area (Å²) in [7, 11) is 1.99. The van der Waals surface area contributed by atoms with Crippen LogP contribution in [0.2, 0.25) is 0 Å². The zero-order valence-electron chi connectivity index (χ0n) is 11.6. The Hall–Kier alpha value is -1.67. The molecular formula is C17H20N2. The maximum atomic E-state index is 4.60. The van der Waals surface area contributed by atoms with E-state index in [1.807, 2.05) is 19.3 Å². The highest BCUT2D eigenvalue weighted by Gasteiger charge is 2.25. The minimum Gasteiger partial charge on any atom is -0.316 e. The average Bonchev–Trinajstić information content (AvgIpc) is 2.83. The van der Waals surface area contributed by atoms with Crippen LogP contribution in [0.4, 0.5) is 0 Å². The third kappa shape index (κ3) is 2.28. The number of rotatable bonds is 3. The summed E-state index contributed by atoms with van der Waals surface area (Å²) in [6.07, 6.45) is 4.27. The molecule has 1 heterocycles. The zero-order chi connectivity index (χ0) is 13.2. The van der Waals surface area contributed by atoms with Crippen LogP contribution >= 0.6 is 0 Å². The molecule has 0 saturated heterocycles. The van der Waals surface area contributed by atoms with E-state index in [0.29, 0.717) is 5.92 Å². The molecule has 3 rings (SSSR count). The molecule has 19 heavy (non-hydrogen) atoms. The first-order chi connectivity index (χ1) is 9.29. The van der Waals surface area contributed by atoms with Gasteiger partial charge in [0.05, 0.1) is 5.69 Å². The van der Waals surface area contributed by atoms with E-state index in [0.717, 1.165) is 13.0 Å². The first-order valence-electron chi connectivity index (χ1n) is 6.97. The van der Waals surface area contributed by atoms with E-state index in [1.165, 1.54) is 34.4 Å². The van der Waals surface area contributed by atoms with E-state index >= 15 is 0 Å². The van der Waals surface area contributed by atoms with Gasteiger partial charge in [0.2, 0.25) is 0 Å². The highest BCUT2D eigenvalue weighted by molar-refractivity contribution is 5.42. The van der Waals surface area contributed by atoms with E-state index in [9.17, 15) is 0 Å². The molecule has 0 bridgehead atoms. The smallest absolute Gasteiger partial charge is 0.0510 e. The van der Waals surface area contributed by atoms with Crippen LogP contribution in [0.1, 0.15) is 40.3 Å². The summed E-state index contributed by atoms with van der Waals surface area (Å²) in [5.41, 5.74) is 6.88. The standard InChI is InChI=1S/C17H20N2/c1-12-10-13(11-18-2)5-7-15(12)16-8-6-14-4-3-9-19-17(14)16/h3-5,7,9-10,16,18H,6,8,11H2,1-2H3. The molecule has 1 atom stereocenters. The highest BCUT2D eigenvalue weighted by Crippen LogP contribution is 2.37. The van der Waals surface area contributed by atoms with Crippen LogP contribution in [0.15, 0.2) is 36.5 Å². The Balaban J connectivity index is 1.96. The van der Waals surface area contributed by atoms with Crippen LogP contribution < -0.4 is 5.32 Å². The lowest BCUT2D eigenvalue weighted by Crippen LogP contribution is -2.07. The molecule has 2 nitrogen and oxygen atoms in total. The van der Waals surface area contributed by atoms with E-state index in [4.69, 9.17) is 0 Å². The van der Waals surface area contributed by atoms with Crippen molar-refractivity contribution in [2.24, 2.45) is 0 Å². The molecule has 1 N–H and O–H groups in total. The number of nitrogens with one attached hydrogen (secondary N) is 1. The van der Waals surface area contributed by atoms with E-state index in [1.54, 1.807) is 0 Å². The number of benzene rings is 1. The number of pyridine rings is 1. The Bertz CT molecular complexity index is 590. The van der Waals surface area contributed by atoms with Crippen LogP contribution in [-0.4, -0.2) is 12.0 Å². The van der Waals surface area contributed by atoms with Crippen molar-refractivity contribution in [1.82, 2.24) is 10.3 Å². The SMILES string of the molecule is CNCc1ccc(C2CCc3cccnc32)c(C)c1. The van der Waals surface area contributed by atoms with Crippen molar-refractivity contribution in [3.63, 3.8) is 0 Å². The zero-order valence-corrected chi connectivity index (χ0v) is 11.6. The minimum absolute atomic E-state index is 0.486. The van der Waals surface area contributed by atoms with Crippen LogP contribution in [-0.2, 0) is 13.0 Å². The fourth-order valence-corrected chi connectivity index (χ4v) is 3.16. The van der Waals surface area contributed by atoms with Gasteiger partial charge in [-0.2, -0.15) is 0 Å². The van der Waals surface area contributed by atoms with Crippen molar-refractivity contribution in [3.8, 4) is 0 Å². The molecule has 1 aliphatic carbocycles. The molecule has 0 fully saturated rings. The summed E-state index contributed by atoms with van der Waals surface area (Å²) in [5.74, 6) is 0.486. The monoisotopic (exact) mass is 252 g/mol. The van der Waals surface area contributed by atoms with E-state index in [-0.39, 0.29) is 0 Å². The molecule has 0 amide bonds. The summed E-state index contributed by atoms with van der Waals surface area (Å²) in [6.45, 7) is 3.15. The van der Waals surface area contributed by atoms with Gasteiger partial charge in [0, 0.05) is 18.7 Å². The molecule has 0 radical (unpaired) electrons. The van der Waals surface area contributed by atoms with Crippen molar-refractivity contribution < 1.29 is 0 Å². The topological polar surface area (TPSA) is 24.9 Å². The Morgan fingerprint density at radius 3 is 3.00 bits per heavy atom. The van der Waals surface area contributed by atoms with E-state index in [2.05, 4.69) is 41.5 Å². The molecule has 0 aliphatic heterocycles. The normalized spacial score (nSPS) is 17.5. The lowest BCUT2D eigenvalue weighted by Gasteiger charge is -2.15. The maximum absolute atomic E-state index is 4.60. The quantitative estimate of drug-likeness (QED) is 0.907. The van der Waals surface area contributed by atoms with Gasteiger partial charge in [-0.15, -0.1) is 0 Å². The van der Waals surface area contributed by atoms with Crippen molar-refractivity contribution >= 4 is 0 Å². The predicted molar refractivity (Wildman–Crippen MR) is 78.3 cm³/mol. The van der Waals surface area contributed by atoms with Gasteiger partial charge in [0.25, 0.3) is 0 Å². The highest BCUT2D eigenvalue weighted by atomic mass is 14.8. The van der Waals surface area contributed by atoms with Gasteiger partial charge >= 0.3 is 0 Å². The molecule has 1 aromatic carbocycles. The molecule has 2 aromatic rings. The Morgan fingerprint density at radius 1 is 1.32 bits per heavy atom. The number of aromatic nitrogens is 1. The van der Waals surface area contributed by atoms with Crippen LogP contribution in [0.5, 0.6) is 0 Å². The third-order valence-corrected chi connectivity index (χ3v) is 4.05. The van der Waals surface area contributed by atoms with Gasteiger partial charge in [-0.3, -0.25) is 4.98 Å². The Labute approximate surface area is 114 Å². The van der Waals surface area contributed by atoms with Gasteiger partial charge in [-0.05, 0) is 55.1 Å². The second-order valence-electron chi connectivity index (χ2n) is 5.36. The summed E-state index contributed by atoms with van der Waals surface area (Å²) < 4.78 is 0. The molecule has 0 saturated carbocycles. The fourth-order valence-electron chi connectivity index (χ4n) is 3.16. The van der Waals surface area contributed by atoms with Crippen molar-refractivity contribution in [1.29, 1.82) is 0 Å². The van der Waals surface area contributed by atoms with Crippen LogP contribution in [0, 0.1) is 6.92 Å². The number of hydrogen-bond acceptors (Lipinski definition) is 2. The maximum Gasteiger partial charge on any atom is 0.0510 e.